The lowest BCUT2D eigenvalue weighted by atomic mass is 10.3. The molecule has 0 saturated heterocycles. The first kappa shape index (κ1) is 17.1. The van der Waals surface area contributed by atoms with Crippen LogP contribution in [-0.4, -0.2) is 32.7 Å². The molecule has 4 nitrogen and oxygen atoms in total. The minimum Gasteiger partial charge on any atom is -0.492 e. The van der Waals surface area contributed by atoms with Gasteiger partial charge < -0.3 is 15.4 Å². The molecule has 6 heteroatoms. The van der Waals surface area contributed by atoms with E-state index >= 15 is 0 Å². The van der Waals surface area contributed by atoms with Crippen LogP contribution in [0.1, 0.15) is 19.3 Å². The summed E-state index contributed by atoms with van der Waals surface area (Å²) in [7, 11) is 1.89. The number of carbonyl (C=O) groups is 1. The van der Waals surface area contributed by atoms with Gasteiger partial charge in [0.25, 0.3) is 0 Å². The molecule has 0 atom stereocenters. The highest BCUT2D eigenvalue weighted by molar-refractivity contribution is 6.42. The lowest BCUT2D eigenvalue weighted by molar-refractivity contribution is -0.121. The van der Waals surface area contributed by atoms with Crippen LogP contribution < -0.4 is 15.4 Å². The minimum atomic E-state index is 0.0434. The highest BCUT2D eigenvalue weighted by Crippen LogP contribution is 2.31. The van der Waals surface area contributed by atoms with E-state index in [-0.39, 0.29) is 5.91 Å². The van der Waals surface area contributed by atoms with Crippen molar-refractivity contribution in [2.24, 2.45) is 0 Å². The van der Waals surface area contributed by atoms with Crippen LogP contribution in [0.15, 0.2) is 18.2 Å². The number of hydrogen-bond donors (Lipinski definition) is 2. The van der Waals surface area contributed by atoms with Gasteiger partial charge in [0.15, 0.2) is 0 Å². The van der Waals surface area contributed by atoms with Crippen LogP contribution in [0.3, 0.4) is 0 Å². The first-order chi connectivity index (χ1) is 9.65. The van der Waals surface area contributed by atoms with Crippen molar-refractivity contribution in [1.29, 1.82) is 0 Å². The van der Waals surface area contributed by atoms with Gasteiger partial charge in [0.05, 0.1) is 11.6 Å². The number of carbonyl (C=O) groups excluding carboxylic acids is 1. The summed E-state index contributed by atoms with van der Waals surface area (Å²) in [6.45, 7) is 2.03. The molecule has 0 aromatic heterocycles. The van der Waals surface area contributed by atoms with Crippen molar-refractivity contribution in [1.82, 2.24) is 10.6 Å². The third kappa shape index (κ3) is 6.46. The third-order valence-electron chi connectivity index (χ3n) is 2.65. The molecule has 0 saturated carbocycles. The molecule has 0 fully saturated rings. The Balaban J connectivity index is 2.15. The van der Waals surface area contributed by atoms with E-state index < -0.39 is 0 Å². The van der Waals surface area contributed by atoms with Crippen LogP contribution in [0.2, 0.25) is 10.0 Å². The zero-order valence-electron chi connectivity index (χ0n) is 11.5. The summed E-state index contributed by atoms with van der Waals surface area (Å²) in [4.78, 5) is 11.5. The van der Waals surface area contributed by atoms with Crippen LogP contribution in [0.5, 0.6) is 5.75 Å². The number of ether oxygens (including phenoxy) is 1. The van der Waals surface area contributed by atoms with E-state index in [0.717, 1.165) is 13.0 Å². The van der Waals surface area contributed by atoms with Crippen molar-refractivity contribution in [3.8, 4) is 5.75 Å². The Labute approximate surface area is 129 Å². The van der Waals surface area contributed by atoms with Gasteiger partial charge in [-0.3, -0.25) is 4.79 Å². The average molecular weight is 319 g/mol. The molecule has 1 aromatic rings. The summed E-state index contributed by atoms with van der Waals surface area (Å²) in [5, 5.41) is 6.75. The lowest BCUT2D eigenvalue weighted by Crippen LogP contribution is -2.26. The maximum Gasteiger partial charge on any atom is 0.220 e. The molecule has 0 radical (unpaired) electrons. The summed E-state index contributed by atoms with van der Waals surface area (Å²) in [5.74, 6) is 0.593. The second-order valence-corrected chi connectivity index (χ2v) is 5.10. The molecule has 1 aromatic carbocycles. The summed E-state index contributed by atoms with van der Waals surface area (Å²) in [6, 6.07) is 5.24. The first-order valence-corrected chi connectivity index (χ1v) is 7.39. The van der Waals surface area contributed by atoms with E-state index in [1.165, 1.54) is 0 Å². The minimum absolute atomic E-state index is 0.0434. The Hall–Kier alpha value is -0.970. The summed E-state index contributed by atoms with van der Waals surface area (Å²) < 4.78 is 5.50. The molecule has 20 heavy (non-hydrogen) atoms. The molecule has 0 unspecified atom stereocenters. The van der Waals surface area contributed by atoms with Crippen LogP contribution in [0.4, 0.5) is 0 Å². The van der Waals surface area contributed by atoms with Gasteiger partial charge in [0, 0.05) is 13.0 Å². The van der Waals surface area contributed by atoms with Gasteiger partial charge in [-0.25, -0.2) is 0 Å². The quantitative estimate of drug-likeness (QED) is 0.688. The molecule has 0 spiro atoms. The fourth-order valence-electron chi connectivity index (χ4n) is 1.59. The molecular weight excluding hydrogens is 299 g/mol. The number of nitrogens with one attached hydrogen (secondary N) is 2. The van der Waals surface area contributed by atoms with E-state index in [9.17, 15) is 4.79 Å². The summed E-state index contributed by atoms with van der Waals surface area (Å²) >= 11 is 11.9. The zero-order valence-corrected chi connectivity index (χ0v) is 13.1. The maximum atomic E-state index is 11.5. The third-order valence-corrected chi connectivity index (χ3v) is 3.45. The van der Waals surface area contributed by atoms with Crippen molar-refractivity contribution >= 4 is 29.1 Å². The van der Waals surface area contributed by atoms with Crippen LogP contribution in [0, 0.1) is 0 Å². The molecule has 0 heterocycles. The highest BCUT2D eigenvalue weighted by Gasteiger charge is 2.06. The number of halogens is 2. The van der Waals surface area contributed by atoms with Crippen molar-refractivity contribution in [3.63, 3.8) is 0 Å². The molecule has 0 aliphatic carbocycles. The Morgan fingerprint density at radius 2 is 2.05 bits per heavy atom. The molecule has 2 N–H and O–H groups in total. The molecule has 1 rings (SSSR count). The number of amides is 1. The molecule has 0 aliphatic rings. The number of hydrogen-bond acceptors (Lipinski definition) is 3. The first-order valence-electron chi connectivity index (χ1n) is 6.63. The van der Waals surface area contributed by atoms with Gasteiger partial charge in [-0.05, 0) is 38.6 Å². The highest BCUT2D eigenvalue weighted by atomic mass is 35.5. The van der Waals surface area contributed by atoms with Gasteiger partial charge in [0.2, 0.25) is 5.91 Å². The molecule has 112 valence electrons. The Bertz CT molecular complexity index is 428. The van der Waals surface area contributed by atoms with E-state index in [4.69, 9.17) is 27.9 Å². The summed E-state index contributed by atoms with van der Waals surface area (Å²) in [5.41, 5.74) is 0. The van der Waals surface area contributed by atoms with Gasteiger partial charge in [-0.15, -0.1) is 0 Å². The second-order valence-electron chi connectivity index (χ2n) is 4.31. The topological polar surface area (TPSA) is 50.4 Å². The van der Waals surface area contributed by atoms with Crippen molar-refractivity contribution in [2.75, 3.05) is 26.7 Å². The van der Waals surface area contributed by atoms with E-state index in [1.807, 2.05) is 7.05 Å². The summed E-state index contributed by atoms with van der Waals surface area (Å²) in [6.07, 6.45) is 2.01. The SMILES string of the molecule is CNCCCNC(=O)CCCOc1cccc(Cl)c1Cl. The fourth-order valence-corrected chi connectivity index (χ4v) is 1.94. The molecule has 0 aliphatic heterocycles. The van der Waals surface area contributed by atoms with Gasteiger partial charge in [-0.1, -0.05) is 29.3 Å². The van der Waals surface area contributed by atoms with Crippen LogP contribution in [0.25, 0.3) is 0 Å². The van der Waals surface area contributed by atoms with E-state index in [2.05, 4.69) is 10.6 Å². The zero-order chi connectivity index (χ0) is 14.8. The van der Waals surface area contributed by atoms with Crippen LogP contribution in [-0.2, 0) is 4.79 Å². The van der Waals surface area contributed by atoms with Gasteiger partial charge in [0.1, 0.15) is 10.8 Å². The van der Waals surface area contributed by atoms with Crippen molar-refractivity contribution < 1.29 is 9.53 Å². The van der Waals surface area contributed by atoms with Crippen molar-refractivity contribution in [3.05, 3.63) is 28.2 Å². The van der Waals surface area contributed by atoms with E-state index in [0.29, 0.717) is 41.8 Å². The maximum absolute atomic E-state index is 11.5. The standard InChI is InChI=1S/C14H20Cl2N2O2/c1-17-8-4-9-18-13(19)7-3-10-20-12-6-2-5-11(15)14(12)16/h2,5-6,17H,3-4,7-10H2,1H3,(H,18,19). The smallest absolute Gasteiger partial charge is 0.220 e. The Morgan fingerprint density at radius 3 is 2.80 bits per heavy atom. The Morgan fingerprint density at radius 1 is 1.25 bits per heavy atom. The predicted octanol–water partition coefficient (Wildman–Crippen LogP) is 2.88. The van der Waals surface area contributed by atoms with Crippen molar-refractivity contribution in [2.45, 2.75) is 19.3 Å². The monoisotopic (exact) mass is 318 g/mol. The van der Waals surface area contributed by atoms with Gasteiger partial charge >= 0.3 is 0 Å². The normalized spacial score (nSPS) is 10.3. The van der Waals surface area contributed by atoms with Crippen LogP contribution >= 0.6 is 23.2 Å². The number of benzene rings is 1. The largest absolute Gasteiger partial charge is 0.492 e. The second kappa shape index (κ2) is 9.86. The average Bonchev–Trinajstić information content (AvgIpc) is 2.44. The van der Waals surface area contributed by atoms with E-state index in [1.54, 1.807) is 18.2 Å². The van der Waals surface area contributed by atoms with Gasteiger partial charge in [-0.2, -0.15) is 0 Å². The number of rotatable bonds is 9. The Kier molecular flexibility index (Phi) is 8.42. The predicted molar refractivity (Wildman–Crippen MR) is 82.7 cm³/mol. The fraction of sp³-hybridized carbons (Fsp3) is 0.500. The molecule has 1 amide bonds. The molecular formula is C14H20Cl2N2O2. The lowest BCUT2D eigenvalue weighted by Gasteiger charge is -2.09. The molecule has 0 bridgehead atoms.